The molecule has 1 aromatic heterocycles. The van der Waals surface area contributed by atoms with E-state index in [9.17, 15) is 9.59 Å². The fraction of sp³-hybridized carbons (Fsp3) is 0.423. The number of hydrogen-bond donors (Lipinski definition) is 1. The summed E-state index contributed by atoms with van der Waals surface area (Å²) in [4.78, 5) is 33.1. The van der Waals surface area contributed by atoms with Gasteiger partial charge in [0.25, 0.3) is 5.91 Å². The molecule has 0 fully saturated rings. The van der Waals surface area contributed by atoms with Gasteiger partial charge < -0.3 is 19.5 Å². The summed E-state index contributed by atoms with van der Waals surface area (Å²) in [6.45, 7) is 7.73. The van der Waals surface area contributed by atoms with Gasteiger partial charge in [-0.1, -0.05) is 44.2 Å². The summed E-state index contributed by atoms with van der Waals surface area (Å²) in [5, 5.41) is 3.15. The number of methoxy groups -OCH3 is 1. The Morgan fingerprint density at radius 3 is 2.58 bits per heavy atom. The number of imidazole rings is 1. The van der Waals surface area contributed by atoms with E-state index in [1.54, 1.807) is 12.0 Å². The van der Waals surface area contributed by atoms with Crippen LogP contribution in [0.2, 0.25) is 0 Å². The van der Waals surface area contributed by atoms with Crippen molar-refractivity contribution in [2.24, 2.45) is 5.92 Å². The Kier molecular flexibility index (Phi) is 6.79. The first-order chi connectivity index (χ1) is 15.9. The average Bonchev–Trinajstić information content (AvgIpc) is 3.34. The molecule has 1 aliphatic rings. The monoisotopic (exact) mass is 448 g/mol. The summed E-state index contributed by atoms with van der Waals surface area (Å²) < 4.78 is 7.39. The number of carbonyl (C=O) groups excluding carboxylic acids is 2. The van der Waals surface area contributed by atoms with E-state index in [-0.39, 0.29) is 23.8 Å². The quantitative estimate of drug-likeness (QED) is 0.538. The molecular weight excluding hydrogens is 416 g/mol. The lowest BCUT2D eigenvalue weighted by atomic mass is 10.0. The third-order valence-electron chi connectivity index (χ3n) is 6.17. The maximum Gasteiger partial charge on any atom is 0.255 e. The third kappa shape index (κ3) is 4.64. The number of ether oxygens (including phenoxy) is 1. The minimum Gasteiger partial charge on any atom is -0.383 e. The average molecular weight is 449 g/mol. The molecule has 1 N–H and O–H groups in total. The molecule has 3 aromatic rings. The molecular formula is C26H32N4O3. The van der Waals surface area contributed by atoms with Crippen LogP contribution < -0.4 is 5.32 Å². The maximum atomic E-state index is 13.5. The number of amides is 2. The van der Waals surface area contributed by atoms with Crippen LogP contribution in [0.5, 0.6) is 0 Å². The van der Waals surface area contributed by atoms with E-state index in [4.69, 9.17) is 9.72 Å². The van der Waals surface area contributed by atoms with Crippen molar-refractivity contribution in [3.8, 4) is 0 Å². The SMILES string of the molecule is COCCn1c(C(C)NC(=O)C(CC(C)C)N2Cc3ccccc3C2=O)nc2ccccc21. The standard InChI is InChI=1S/C26H32N4O3/c1-17(2)15-23(30-16-19-9-5-6-10-20(19)26(30)32)25(31)27-18(3)24-28-21-11-7-8-12-22(21)29(24)13-14-33-4/h5-12,17-18,23H,13-16H2,1-4H3,(H,27,31). The van der Waals surface area contributed by atoms with Crippen molar-refractivity contribution in [1.82, 2.24) is 19.8 Å². The molecule has 0 aliphatic carbocycles. The molecule has 0 radical (unpaired) electrons. The van der Waals surface area contributed by atoms with Crippen molar-refractivity contribution in [2.45, 2.75) is 52.4 Å². The van der Waals surface area contributed by atoms with E-state index in [1.807, 2.05) is 55.5 Å². The van der Waals surface area contributed by atoms with Gasteiger partial charge >= 0.3 is 0 Å². The first kappa shape index (κ1) is 23.0. The van der Waals surface area contributed by atoms with Gasteiger partial charge in [0, 0.05) is 25.8 Å². The van der Waals surface area contributed by atoms with Crippen LogP contribution in [0.4, 0.5) is 0 Å². The third-order valence-corrected chi connectivity index (χ3v) is 6.17. The lowest BCUT2D eigenvalue weighted by Crippen LogP contribution is -2.48. The van der Waals surface area contributed by atoms with Crippen LogP contribution in [0.15, 0.2) is 48.5 Å². The van der Waals surface area contributed by atoms with Crippen LogP contribution in [0, 0.1) is 5.92 Å². The summed E-state index contributed by atoms with van der Waals surface area (Å²) in [5.74, 6) is 0.814. The molecule has 2 atom stereocenters. The van der Waals surface area contributed by atoms with Crippen molar-refractivity contribution >= 4 is 22.8 Å². The Bertz CT molecular complexity index is 1150. The minimum absolute atomic E-state index is 0.0774. The number of rotatable bonds is 9. The largest absolute Gasteiger partial charge is 0.383 e. The number of hydrogen-bond acceptors (Lipinski definition) is 4. The van der Waals surface area contributed by atoms with Crippen LogP contribution in [0.3, 0.4) is 0 Å². The first-order valence-corrected chi connectivity index (χ1v) is 11.5. The summed E-state index contributed by atoms with van der Waals surface area (Å²) >= 11 is 0. The van der Waals surface area contributed by atoms with E-state index in [2.05, 4.69) is 23.7 Å². The highest BCUT2D eigenvalue weighted by molar-refractivity contribution is 6.01. The molecule has 0 saturated heterocycles. The van der Waals surface area contributed by atoms with Gasteiger partial charge in [-0.2, -0.15) is 0 Å². The van der Waals surface area contributed by atoms with Gasteiger partial charge in [0.15, 0.2) is 0 Å². The normalized spacial score (nSPS) is 15.2. The van der Waals surface area contributed by atoms with Crippen molar-refractivity contribution in [3.05, 3.63) is 65.5 Å². The Morgan fingerprint density at radius 1 is 1.12 bits per heavy atom. The van der Waals surface area contributed by atoms with Crippen LogP contribution >= 0.6 is 0 Å². The molecule has 4 rings (SSSR count). The summed E-state index contributed by atoms with van der Waals surface area (Å²) in [7, 11) is 1.67. The second kappa shape index (κ2) is 9.75. The highest BCUT2D eigenvalue weighted by Gasteiger charge is 2.37. The molecule has 7 heteroatoms. The Morgan fingerprint density at radius 2 is 1.85 bits per heavy atom. The lowest BCUT2D eigenvalue weighted by molar-refractivity contribution is -0.127. The molecule has 2 heterocycles. The number of para-hydroxylation sites is 2. The number of aromatic nitrogens is 2. The van der Waals surface area contributed by atoms with Crippen molar-refractivity contribution in [2.75, 3.05) is 13.7 Å². The van der Waals surface area contributed by atoms with Crippen molar-refractivity contribution in [3.63, 3.8) is 0 Å². The fourth-order valence-electron chi connectivity index (χ4n) is 4.57. The summed E-state index contributed by atoms with van der Waals surface area (Å²) in [6, 6.07) is 14.7. The fourth-order valence-corrected chi connectivity index (χ4v) is 4.57. The van der Waals surface area contributed by atoms with Crippen LogP contribution in [0.1, 0.15) is 55.0 Å². The first-order valence-electron chi connectivity index (χ1n) is 11.5. The van der Waals surface area contributed by atoms with Gasteiger partial charge in [0.2, 0.25) is 5.91 Å². The van der Waals surface area contributed by atoms with Crippen molar-refractivity contribution in [1.29, 1.82) is 0 Å². The zero-order valence-electron chi connectivity index (χ0n) is 19.7. The number of fused-ring (bicyclic) bond motifs is 2. The van der Waals surface area contributed by atoms with Gasteiger partial charge in [-0.05, 0) is 43.0 Å². The Balaban J connectivity index is 1.58. The second-order valence-corrected chi connectivity index (χ2v) is 9.07. The molecule has 1 aliphatic heterocycles. The topological polar surface area (TPSA) is 76.5 Å². The smallest absolute Gasteiger partial charge is 0.255 e. The number of nitrogens with one attached hydrogen (secondary N) is 1. The number of nitrogens with zero attached hydrogens (tertiary/aromatic N) is 3. The molecule has 0 saturated carbocycles. The summed E-state index contributed by atoms with van der Waals surface area (Å²) in [6.07, 6.45) is 0.596. The summed E-state index contributed by atoms with van der Waals surface area (Å²) in [5.41, 5.74) is 3.55. The van der Waals surface area contributed by atoms with Crippen LogP contribution in [-0.4, -0.2) is 46.0 Å². The molecule has 33 heavy (non-hydrogen) atoms. The predicted molar refractivity (Wildman–Crippen MR) is 128 cm³/mol. The van der Waals surface area contributed by atoms with E-state index in [1.165, 1.54) is 0 Å². The molecule has 2 unspecified atom stereocenters. The van der Waals surface area contributed by atoms with Crippen LogP contribution in [0.25, 0.3) is 11.0 Å². The van der Waals surface area contributed by atoms with Crippen LogP contribution in [-0.2, 0) is 22.6 Å². The van der Waals surface area contributed by atoms with E-state index in [0.717, 1.165) is 22.4 Å². The second-order valence-electron chi connectivity index (χ2n) is 9.07. The zero-order valence-corrected chi connectivity index (χ0v) is 19.7. The molecule has 2 aromatic carbocycles. The predicted octanol–water partition coefficient (Wildman–Crippen LogP) is 3.93. The van der Waals surface area contributed by atoms with Gasteiger partial charge in [0.05, 0.1) is 23.7 Å². The maximum absolute atomic E-state index is 13.5. The minimum atomic E-state index is -0.538. The molecule has 0 spiro atoms. The van der Waals surface area contributed by atoms with Gasteiger partial charge in [-0.15, -0.1) is 0 Å². The van der Waals surface area contributed by atoms with Crippen molar-refractivity contribution < 1.29 is 14.3 Å². The zero-order chi connectivity index (χ0) is 23.5. The Hall–Kier alpha value is -3.19. The van der Waals surface area contributed by atoms with Gasteiger partial charge in [-0.25, -0.2) is 4.98 Å². The Labute approximate surface area is 194 Å². The molecule has 7 nitrogen and oxygen atoms in total. The molecule has 2 amide bonds. The highest BCUT2D eigenvalue weighted by Crippen LogP contribution is 2.28. The van der Waals surface area contributed by atoms with Gasteiger partial charge in [-0.3, -0.25) is 9.59 Å². The van der Waals surface area contributed by atoms with E-state index >= 15 is 0 Å². The van der Waals surface area contributed by atoms with Gasteiger partial charge in [0.1, 0.15) is 11.9 Å². The van der Waals surface area contributed by atoms with E-state index in [0.29, 0.717) is 31.7 Å². The highest BCUT2D eigenvalue weighted by atomic mass is 16.5. The van der Waals surface area contributed by atoms with E-state index < -0.39 is 6.04 Å². The number of carbonyl (C=O) groups is 2. The molecule has 174 valence electrons. The molecule has 0 bridgehead atoms. The number of benzene rings is 2. The lowest BCUT2D eigenvalue weighted by Gasteiger charge is -2.29.